The summed E-state index contributed by atoms with van der Waals surface area (Å²) in [5, 5.41) is 29.5. The number of ketones is 4. The minimum Gasteiger partial charge on any atom is -0.390 e. The maximum Gasteiger partial charge on any atom is 0.240 e. The Morgan fingerprint density at radius 1 is 0.944 bits per heavy atom. The molecule has 0 saturated carbocycles. The Balaban J connectivity index is 6.19. The van der Waals surface area contributed by atoms with Crippen molar-refractivity contribution < 1.29 is 34.5 Å². The molecule has 0 aliphatic carbocycles. The van der Waals surface area contributed by atoms with Crippen LogP contribution >= 0.6 is 0 Å². The van der Waals surface area contributed by atoms with Gasteiger partial charge in [-0.05, 0) is 20.8 Å². The van der Waals surface area contributed by atoms with Gasteiger partial charge < -0.3 is 15.3 Å². The fourth-order valence-electron chi connectivity index (χ4n) is 1.71. The maximum atomic E-state index is 11.6. The summed E-state index contributed by atoms with van der Waals surface area (Å²) in [6, 6.07) is 0. The summed E-state index contributed by atoms with van der Waals surface area (Å²) in [5.41, 5.74) is -6.36. The number of carbonyl (C=O) groups is 4. The zero-order valence-electron chi connectivity index (χ0n) is 10.6. The number of Topliss-reactive ketones (excluding diaryl/α,β-unsaturated/α-hetero) is 4. The van der Waals surface area contributed by atoms with E-state index in [0.29, 0.717) is 0 Å². The van der Waals surface area contributed by atoms with Gasteiger partial charge in [-0.25, -0.2) is 0 Å². The second-order valence-electron chi connectivity index (χ2n) is 4.15. The lowest BCUT2D eigenvalue weighted by Gasteiger charge is -2.39. The molecule has 0 rings (SSSR count). The van der Waals surface area contributed by atoms with Gasteiger partial charge in [0.15, 0.2) is 23.0 Å². The second kappa shape index (κ2) is 5.05. The van der Waals surface area contributed by atoms with Crippen LogP contribution in [-0.2, 0) is 19.2 Å². The van der Waals surface area contributed by atoms with Gasteiger partial charge in [0.25, 0.3) is 0 Å². The molecule has 0 aliphatic heterocycles. The van der Waals surface area contributed by atoms with Crippen LogP contribution in [0.5, 0.6) is 0 Å². The number of carbonyl (C=O) groups excluding carboxylic acids is 4. The Kier molecular flexibility index (Phi) is 4.65. The minimum atomic E-state index is -3.29. The zero-order valence-corrected chi connectivity index (χ0v) is 10.6. The van der Waals surface area contributed by atoms with Crippen LogP contribution in [0.2, 0.25) is 0 Å². The summed E-state index contributed by atoms with van der Waals surface area (Å²) in [7, 11) is 0. The summed E-state index contributed by atoms with van der Waals surface area (Å²) in [6.45, 7) is 3.22. The van der Waals surface area contributed by atoms with Gasteiger partial charge in [-0.2, -0.15) is 0 Å². The molecule has 7 heteroatoms. The lowest BCUT2D eigenvalue weighted by molar-refractivity contribution is -0.202. The lowest BCUT2D eigenvalue weighted by Crippen LogP contribution is -2.72. The smallest absolute Gasteiger partial charge is 0.240 e. The number of hydrogen-bond donors (Lipinski definition) is 3. The number of aliphatic hydroxyl groups excluding tert-OH is 1. The van der Waals surface area contributed by atoms with E-state index < -0.39 is 40.4 Å². The molecular weight excluding hydrogens is 244 g/mol. The Bertz CT molecular complexity index is 412. The van der Waals surface area contributed by atoms with E-state index in [-0.39, 0.29) is 0 Å². The fraction of sp³-hybridized carbons (Fsp3) is 0.636. The van der Waals surface area contributed by atoms with Gasteiger partial charge in [-0.15, -0.1) is 0 Å². The van der Waals surface area contributed by atoms with E-state index >= 15 is 0 Å². The van der Waals surface area contributed by atoms with Crippen molar-refractivity contribution in [3.8, 4) is 0 Å². The average molecular weight is 260 g/mol. The SMILES string of the molecule is CC(=O)C(=O)[C@@](O)(C(C)=O)[C@@](O)(C(C)=O)C(C)O. The van der Waals surface area contributed by atoms with Crippen molar-refractivity contribution in [1.82, 2.24) is 0 Å². The topological polar surface area (TPSA) is 129 Å². The van der Waals surface area contributed by atoms with Gasteiger partial charge in [0.05, 0.1) is 6.10 Å². The molecule has 102 valence electrons. The molecule has 0 bridgehead atoms. The van der Waals surface area contributed by atoms with Gasteiger partial charge in [-0.1, -0.05) is 0 Å². The summed E-state index contributed by atoms with van der Waals surface area (Å²) in [4.78, 5) is 45.5. The fourth-order valence-corrected chi connectivity index (χ4v) is 1.71. The molecule has 0 aromatic carbocycles. The molecule has 1 unspecified atom stereocenters. The summed E-state index contributed by atoms with van der Waals surface area (Å²) < 4.78 is 0. The third-order valence-electron chi connectivity index (χ3n) is 2.85. The molecule has 0 amide bonds. The first-order valence-electron chi connectivity index (χ1n) is 5.14. The van der Waals surface area contributed by atoms with Crippen LogP contribution in [0.25, 0.3) is 0 Å². The van der Waals surface area contributed by atoms with Crippen molar-refractivity contribution in [2.75, 3.05) is 0 Å². The van der Waals surface area contributed by atoms with E-state index in [1.165, 1.54) is 0 Å². The standard InChI is InChI=1S/C11H16O7/c1-5(12)9(16)11(18,8(4)15)10(17,6(2)13)7(3)14/h6,13,17-18H,1-4H3/t6?,10-,11-/m0/s1. The van der Waals surface area contributed by atoms with Crippen LogP contribution in [0.3, 0.4) is 0 Å². The van der Waals surface area contributed by atoms with Gasteiger partial charge in [0.2, 0.25) is 11.4 Å². The molecule has 0 saturated heterocycles. The first-order valence-corrected chi connectivity index (χ1v) is 5.14. The Morgan fingerprint density at radius 2 is 1.33 bits per heavy atom. The Hall–Kier alpha value is -1.44. The van der Waals surface area contributed by atoms with Gasteiger partial charge in [0.1, 0.15) is 0 Å². The van der Waals surface area contributed by atoms with Crippen LogP contribution in [0.1, 0.15) is 27.7 Å². The highest BCUT2D eigenvalue weighted by molar-refractivity contribution is 6.45. The normalized spacial score (nSPS) is 19.3. The zero-order chi connectivity index (χ0) is 14.9. The van der Waals surface area contributed by atoms with Crippen LogP contribution in [0.4, 0.5) is 0 Å². The summed E-state index contributed by atoms with van der Waals surface area (Å²) in [5.74, 6) is -5.37. The van der Waals surface area contributed by atoms with E-state index in [2.05, 4.69) is 0 Å². The third kappa shape index (κ3) is 2.12. The molecule has 3 N–H and O–H groups in total. The average Bonchev–Trinajstić information content (AvgIpc) is 2.24. The quantitative estimate of drug-likeness (QED) is 0.378. The second-order valence-corrected chi connectivity index (χ2v) is 4.15. The molecule has 0 fully saturated rings. The predicted octanol–water partition coefficient (Wildman–Crippen LogP) is -1.83. The molecule has 0 aromatic rings. The van der Waals surface area contributed by atoms with Crippen molar-refractivity contribution in [1.29, 1.82) is 0 Å². The molecule has 3 atom stereocenters. The Labute approximate surface area is 103 Å². The highest BCUT2D eigenvalue weighted by Gasteiger charge is 2.64. The highest BCUT2D eigenvalue weighted by Crippen LogP contribution is 2.30. The van der Waals surface area contributed by atoms with E-state index in [0.717, 1.165) is 27.7 Å². The van der Waals surface area contributed by atoms with E-state index in [4.69, 9.17) is 0 Å². The van der Waals surface area contributed by atoms with Crippen LogP contribution in [-0.4, -0.2) is 55.8 Å². The van der Waals surface area contributed by atoms with Gasteiger partial charge >= 0.3 is 0 Å². The third-order valence-corrected chi connectivity index (χ3v) is 2.85. The van der Waals surface area contributed by atoms with Crippen molar-refractivity contribution >= 4 is 23.1 Å². The number of rotatable bonds is 6. The van der Waals surface area contributed by atoms with E-state index in [9.17, 15) is 34.5 Å². The maximum absolute atomic E-state index is 11.6. The molecule has 0 radical (unpaired) electrons. The van der Waals surface area contributed by atoms with Crippen molar-refractivity contribution in [3.05, 3.63) is 0 Å². The number of aliphatic hydroxyl groups is 3. The van der Waals surface area contributed by atoms with Crippen LogP contribution in [0, 0.1) is 0 Å². The van der Waals surface area contributed by atoms with Crippen molar-refractivity contribution in [3.63, 3.8) is 0 Å². The molecule has 0 heterocycles. The van der Waals surface area contributed by atoms with Gasteiger partial charge in [-0.3, -0.25) is 19.2 Å². The predicted molar refractivity (Wildman–Crippen MR) is 58.6 cm³/mol. The molecule has 18 heavy (non-hydrogen) atoms. The molecule has 0 spiro atoms. The molecule has 7 nitrogen and oxygen atoms in total. The lowest BCUT2D eigenvalue weighted by atomic mass is 9.71. The first-order chi connectivity index (χ1) is 7.93. The van der Waals surface area contributed by atoms with E-state index in [1.54, 1.807) is 0 Å². The summed E-state index contributed by atoms with van der Waals surface area (Å²) in [6.07, 6.45) is -1.92. The molecular formula is C11H16O7. The minimum absolute atomic E-state index is 0.733. The van der Waals surface area contributed by atoms with Crippen molar-refractivity contribution in [2.24, 2.45) is 0 Å². The largest absolute Gasteiger partial charge is 0.390 e. The van der Waals surface area contributed by atoms with Crippen molar-refractivity contribution in [2.45, 2.75) is 45.0 Å². The monoisotopic (exact) mass is 260 g/mol. The molecule has 0 aliphatic rings. The Morgan fingerprint density at radius 3 is 1.50 bits per heavy atom. The van der Waals surface area contributed by atoms with Crippen LogP contribution in [0.15, 0.2) is 0 Å². The first kappa shape index (κ1) is 16.6. The van der Waals surface area contributed by atoms with Crippen LogP contribution < -0.4 is 0 Å². The molecule has 0 aromatic heterocycles. The van der Waals surface area contributed by atoms with E-state index in [1.807, 2.05) is 0 Å². The van der Waals surface area contributed by atoms with Gasteiger partial charge in [0, 0.05) is 6.92 Å². The summed E-state index contributed by atoms with van der Waals surface area (Å²) >= 11 is 0. The highest BCUT2D eigenvalue weighted by atomic mass is 16.4. The number of hydrogen-bond acceptors (Lipinski definition) is 7.